The van der Waals surface area contributed by atoms with Crippen LogP contribution in [0.4, 0.5) is 17.2 Å². The third-order valence-electron chi connectivity index (χ3n) is 7.13. The maximum absolute atomic E-state index is 12.3. The van der Waals surface area contributed by atoms with Gasteiger partial charge in [-0.15, -0.1) is 0 Å². The zero-order valence-corrected chi connectivity index (χ0v) is 21.3. The summed E-state index contributed by atoms with van der Waals surface area (Å²) in [7, 11) is 3.87. The Kier molecular flexibility index (Phi) is 9.01. The average molecular weight is 458 g/mol. The summed E-state index contributed by atoms with van der Waals surface area (Å²) < 4.78 is 5.43. The number of ether oxygens (including phenoxy) is 1. The molecule has 1 aliphatic heterocycles. The molecule has 0 spiro atoms. The molecule has 3 rings (SSSR count). The first-order valence-electron chi connectivity index (χ1n) is 12.7. The van der Waals surface area contributed by atoms with Crippen molar-refractivity contribution in [2.75, 3.05) is 49.4 Å². The number of allylic oxidation sites excluding steroid dienone is 1. The molecule has 0 aromatic carbocycles. The van der Waals surface area contributed by atoms with E-state index in [0.717, 1.165) is 75.8 Å². The summed E-state index contributed by atoms with van der Waals surface area (Å²) >= 11 is 0. The van der Waals surface area contributed by atoms with Crippen molar-refractivity contribution < 1.29 is 9.53 Å². The molecule has 0 bridgehead atoms. The van der Waals surface area contributed by atoms with Gasteiger partial charge in [-0.3, -0.25) is 4.79 Å². The van der Waals surface area contributed by atoms with Crippen molar-refractivity contribution in [3.8, 4) is 0 Å². The van der Waals surface area contributed by atoms with Crippen LogP contribution in [0.3, 0.4) is 0 Å². The number of hydrogen-bond acceptors (Lipinski definition) is 6. The number of carbonyl (C=O) groups is 1. The fraction of sp³-hybridized carbons (Fsp3) is 0.692. The summed E-state index contributed by atoms with van der Waals surface area (Å²) in [5, 5.41) is 0. The standard InChI is InChI=1S/C26H43N5O2/c1-6-12-20(7-2)30(19(3)32)16-10-11-17-31-23(15-18-33-5)29(4)25-24(31)21-13-8-9-14-22(21)28-26(25)27/h8,13,20,23H,6-7,9-12,14-18H2,1-5H3,(H2,27,28)/t20?,23-/m1/s1. The van der Waals surface area contributed by atoms with E-state index in [1.165, 1.54) is 11.3 Å². The first kappa shape index (κ1) is 25.3. The molecule has 1 aromatic heterocycles. The lowest BCUT2D eigenvalue weighted by Crippen LogP contribution is -2.43. The Morgan fingerprint density at radius 1 is 1.33 bits per heavy atom. The van der Waals surface area contributed by atoms with E-state index in [4.69, 9.17) is 15.5 Å². The van der Waals surface area contributed by atoms with Gasteiger partial charge in [-0.2, -0.15) is 0 Å². The van der Waals surface area contributed by atoms with E-state index in [-0.39, 0.29) is 12.1 Å². The van der Waals surface area contributed by atoms with E-state index in [0.29, 0.717) is 18.5 Å². The van der Waals surface area contributed by atoms with E-state index in [1.54, 1.807) is 14.0 Å². The highest BCUT2D eigenvalue weighted by Gasteiger charge is 2.38. The number of unbranched alkanes of at least 4 members (excludes halogenated alkanes) is 1. The highest BCUT2D eigenvalue weighted by molar-refractivity contribution is 5.92. The van der Waals surface area contributed by atoms with Crippen molar-refractivity contribution in [2.45, 2.75) is 84.3 Å². The van der Waals surface area contributed by atoms with Crippen LogP contribution in [-0.2, 0) is 16.0 Å². The molecular formula is C26H43N5O2. The molecule has 1 unspecified atom stereocenters. The van der Waals surface area contributed by atoms with Crippen LogP contribution in [0.2, 0.25) is 0 Å². The van der Waals surface area contributed by atoms with Crippen molar-refractivity contribution in [3.05, 3.63) is 17.3 Å². The Balaban J connectivity index is 1.78. The number of nitrogens with zero attached hydrogens (tertiary/aromatic N) is 4. The number of carbonyl (C=O) groups excluding carboxylic acids is 1. The minimum Gasteiger partial charge on any atom is -0.385 e. The van der Waals surface area contributed by atoms with Crippen LogP contribution in [0.1, 0.15) is 77.0 Å². The van der Waals surface area contributed by atoms with Crippen LogP contribution in [-0.4, -0.2) is 61.9 Å². The van der Waals surface area contributed by atoms with Crippen LogP contribution in [0.5, 0.6) is 0 Å². The molecule has 2 aliphatic rings. The van der Waals surface area contributed by atoms with Gasteiger partial charge in [-0.25, -0.2) is 4.98 Å². The van der Waals surface area contributed by atoms with Gasteiger partial charge >= 0.3 is 0 Å². The SMILES string of the molecule is CCCC(CC)N(CCCCN1c2c3c(nc(N)c2N(C)[C@H]1CCOC)CCC=C3)C(C)=O. The fourth-order valence-electron chi connectivity index (χ4n) is 5.49. The lowest BCUT2D eigenvalue weighted by atomic mass is 9.99. The van der Waals surface area contributed by atoms with Gasteiger partial charge in [0.2, 0.25) is 5.91 Å². The van der Waals surface area contributed by atoms with Crippen molar-refractivity contribution in [1.29, 1.82) is 0 Å². The van der Waals surface area contributed by atoms with Crippen molar-refractivity contribution >= 4 is 29.2 Å². The topological polar surface area (TPSA) is 74.9 Å². The molecule has 0 fully saturated rings. The van der Waals surface area contributed by atoms with E-state index < -0.39 is 0 Å². The van der Waals surface area contributed by atoms with Gasteiger partial charge in [0.15, 0.2) is 0 Å². The van der Waals surface area contributed by atoms with Crippen molar-refractivity contribution in [3.63, 3.8) is 0 Å². The Morgan fingerprint density at radius 2 is 2.12 bits per heavy atom. The highest BCUT2D eigenvalue weighted by atomic mass is 16.5. The van der Waals surface area contributed by atoms with Gasteiger partial charge in [0.25, 0.3) is 0 Å². The predicted octanol–water partition coefficient (Wildman–Crippen LogP) is 4.45. The van der Waals surface area contributed by atoms with Gasteiger partial charge in [-0.05, 0) is 38.5 Å². The maximum Gasteiger partial charge on any atom is 0.219 e. The number of amides is 1. The number of aromatic nitrogens is 1. The summed E-state index contributed by atoms with van der Waals surface area (Å²) in [5.41, 5.74) is 11.1. The molecule has 0 saturated carbocycles. The summed E-state index contributed by atoms with van der Waals surface area (Å²) in [4.78, 5) is 23.9. The van der Waals surface area contributed by atoms with E-state index in [9.17, 15) is 4.79 Å². The van der Waals surface area contributed by atoms with Crippen LogP contribution in [0, 0.1) is 0 Å². The molecule has 1 amide bonds. The normalized spacial score (nSPS) is 17.8. The molecule has 2 atom stereocenters. The molecule has 7 heteroatoms. The number of fused-ring (bicyclic) bond motifs is 3. The molecule has 7 nitrogen and oxygen atoms in total. The second kappa shape index (κ2) is 11.7. The van der Waals surface area contributed by atoms with E-state index in [1.807, 2.05) is 0 Å². The number of aryl methyl sites for hydroxylation is 1. The number of nitrogens with two attached hydrogens (primary N) is 1. The lowest BCUT2D eigenvalue weighted by molar-refractivity contribution is -0.131. The van der Waals surface area contributed by atoms with Gasteiger partial charge in [-0.1, -0.05) is 32.4 Å². The van der Waals surface area contributed by atoms with E-state index in [2.05, 4.69) is 47.7 Å². The third-order valence-corrected chi connectivity index (χ3v) is 7.13. The molecule has 2 N–H and O–H groups in total. The smallest absolute Gasteiger partial charge is 0.219 e. The highest BCUT2D eigenvalue weighted by Crippen LogP contribution is 2.47. The minimum absolute atomic E-state index is 0.192. The summed E-state index contributed by atoms with van der Waals surface area (Å²) in [6, 6.07) is 0.351. The van der Waals surface area contributed by atoms with Gasteiger partial charge in [0, 0.05) is 58.8 Å². The summed E-state index contributed by atoms with van der Waals surface area (Å²) in [6.45, 7) is 8.52. The minimum atomic E-state index is 0.192. The quantitative estimate of drug-likeness (QED) is 0.468. The Hall–Kier alpha value is -2.28. The molecule has 2 heterocycles. The Labute approximate surface area is 200 Å². The fourth-order valence-corrected chi connectivity index (χ4v) is 5.49. The zero-order valence-electron chi connectivity index (χ0n) is 21.3. The van der Waals surface area contributed by atoms with Crippen molar-refractivity contribution in [2.24, 2.45) is 0 Å². The molecular weight excluding hydrogens is 414 g/mol. The monoisotopic (exact) mass is 457 g/mol. The van der Waals surface area contributed by atoms with Crippen molar-refractivity contribution in [1.82, 2.24) is 9.88 Å². The molecule has 0 saturated heterocycles. The first-order chi connectivity index (χ1) is 15.9. The number of nitrogen functional groups attached to an aromatic ring is 1. The lowest BCUT2D eigenvalue weighted by Gasteiger charge is -2.33. The molecule has 1 aliphatic carbocycles. The molecule has 33 heavy (non-hydrogen) atoms. The average Bonchev–Trinajstić information content (AvgIpc) is 3.08. The number of hydrogen-bond donors (Lipinski definition) is 1. The van der Waals surface area contributed by atoms with Gasteiger partial charge < -0.3 is 25.2 Å². The second-order valence-electron chi connectivity index (χ2n) is 9.33. The van der Waals surface area contributed by atoms with Gasteiger partial charge in [0.05, 0.1) is 11.4 Å². The first-order valence-corrected chi connectivity index (χ1v) is 12.7. The number of pyridine rings is 1. The number of anilines is 3. The summed E-state index contributed by atoms with van der Waals surface area (Å²) in [5.74, 6) is 0.817. The predicted molar refractivity (Wildman–Crippen MR) is 138 cm³/mol. The molecule has 0 radical (unpaired) electrons. The number of methoxy groups -OCH3 is 1. The number of rotatable bonds is 12. The van der Waals surface area contributed by atoms with Crippen LogP contribution >= 0.6 is 0 Å². The Bertz CT molecular complexity index is 840. The molecule has 184 valence electrons. The summed E-state index contributed by atoms with van der Waals surface area (Å²) in [6.07, 6.45) is 12.7. The zero-order chi connectivity index (χ0) is 24.0. The largest absolute Gasteiger partial charge is 0.385 e. The second-order valence-corrected chi connectivity index (χ2v) is 9.33. The Morgan fingerprint density at radius 3 is 2.79 bits per heavy atom. The molecule has 1 aromatic rings. The maximum atomic E-state index is 12.3. The third kappa shape index (κ3) is 5.45. The van der Waals surface area contributed by atoms with Crippen LogP contribution in [0.15, 0.2) is 6.08 Å². The van der Waals surface area contributed by atoms with E-state index >= 15 is 0 Å². The van der Waals surface area contributed by atoms with Crippen LogP contribution in [0.25, 0.3) is 6.08 Å². The van der Waals surface area contributed by atoms with Crippen LogP contribution < -0.4 is 15.5 Å². The van der Waals surface area contributed by atoms with Gasteiger partial charge in [0.1, 0.15) is 17.7 Å².